The highest BCUT2D eigenvalue weighted by atomic mass is 16.5. The second-order valence-corrected chi connectivity index (χ2v) is 5.42. The van der Waals surface area contributed by atoms with Gasteiger partial charge in [-0.25, -0.2) is 9.78 Å². The van der Waals surface area contributed by atoms with Crippen molar-refractivity contribution in [3.05, 3.63) is 41.8 Å². The minimum Gasteiger partial charge on any atom is -0.445 e. The number of hydrogen-bond donors (Lipinski definition) is 2. The van der Waals surface area contributed by atoms with Gasteiger partial charge in [0.25, 0.3) is 0 Å². The zero-order valence-electron chi connectivity index (χ0n) is 13.6. The van der Waals surface area contributed by atoms with Crippen molar-refractivity contribution in [2.75, 3.05) is 6.61 Å². The second-order valence-electron chi connectivity index (χ2n) is 5.42. The summed E-state index contributed by atoms with van der Waals surface area (Å²) in [5.41, 5.74) is 3.30. The lowest BCUT2D eigenvalue weighted by molar-refractivity contribution is 0.0896. The number of aryl methyl sites for hydroxylation is 2. The molecule has 0 bridgehead atoms. The van der Waals surface area contributed by atoms with E-state index in [1.54, 1.807) is 0 Å². The molecule has 0 aliphatic heterocycles. The van der Waals surface area contributed by atoms with Gasteiger partial charge in [0.2, 0.25) is 5.89 Å². The van der Waals surface area contributed by atoms with E-state index in [-0.39, 0.29) is 12.5 Å². The maximum absolute atomic E-state index is 11.6. The normalized spacial score (nSPS) is 13.6. The molecule has 0 saturated carbocycles. The van der Waals surface area contributed by atoms with Crippen LogP contribution in [-0.2, 0) is 4.74 Å². The number of amides is 1. The number of ether oxygens (including phenoxy) is 1. The molecule has 1 aromatic heterocycles. The molecule has 0 aliphatic rings. The lowest BCUT2D eigenvalue weighted by Crippen LogP contribution is -2.39. The third-order valence-electron chi connectivity index (χ3n) is 3.67. The van der Waals surface area contributed by atoms with Crippen molar-refractivity contribution in [1.29, 1.82) is 0 Å². The molecule has 2 rings (SSSR count). The Labute approximate surface area is 135 Å². The Morgan fingerprint density at radius 3 is 2.78 bits per heavy atom. The van der Waals surface area contributed by atoms with Crippen LogP contribution in [-0.4, -0.2) is 28.8 Å². The number of aromatic nitrogens is 1. The van der Waals surface area contributed by atoms with Crippen LogP contribution in [0.15, 0.2) is 29.2 Å². The third-order valence-corrected chi connectivity index (χ3v) is 3.67. The third kappa shape index (κ3) is 3.71. The summed E-state index contributed by atoms with van der Waals surface area (Å²) >= 11 is 0. The Hall–Kier alpha value is -2.34. The number of carbonyl (C=O) groups excluding carboxylic acids is 1. The van der Waals surface area contributed by atoms with Crippen LogP contribution in [0.25, 0.3) is 11.1 Å². The molecule has 2 N–H and O–H groups in total. The van der Waals surface area contributed by atoms with E-state index in [9.17, 15) is 9.90 Å². The topological polar surface area (TPSA) is 84.6 Å². The summed E-state index contributed by atoms with van der Waals surface area (Å²) in [6, 6.07) is 3.35. The fraction of sp³-hybridized carbons (Fsp3) is 0.412. The fourth-order valence-electron chi connectivity index (χ4n) is 2.31. The van der Waals surface area contributed by atoms with Crippen LogP contribution in [0.3, 0.4) is 0 Å². The van der Waals surface area contributed by atoms with Crippen molar-refractivity contribution in [2.45, 2.75) is 39.3 Å². The average Bonchev–Trinajstić information content (AvgIpc) is 3.00. The maximum atomic E-state index is 11.6. The van der Waals surface area contributed by atoms with Gasteiger partial charge in [-0.15, -0.1) is 0 Å². The summed E-state index contributed by atoms with van der Waals surface area (Å²) in [6.07, 6.45) is 0.312. The summed E-state index contributed by atoms with van der Waals surface area (Å²) < 4.78 is 10.6. The first-order valence-electron chi connectivity index (χ1n) is 7.56. The Morgan fingerprint density at radius 2 is 2.17 bits per heavy atom. The number of nitrogens with zero attached hydrogens (tertiary/aromatic N) is 1. The van der Waals surface area contributed by atoms with Crippen molar-refractivity contribution in [3.63, 3.8) is 0 Å². The molecule has 6 heteroatoms. The first-order chi connectivity index (χ1) is 11.0. The van der Waals surface area contributed by atoms with E-state index in [1.807, 2.05) is 32.9 Å². The van der Waals surface area contributed by atoms with E-state index in [0.717, 1.165) is 16.6 Å². The van der Waals surface area contributed by atoms with Crippen LogP contribution in [0.2, 0.25) is 0 Å². The molecular formula is C17H22N2O4. The first kappa shape index (κ1) is 17.0. The molecule has 0 saturated heterocycles. The van der Waals surface area contributed by atoms with Crippen molar-refractivity contribution in [2.24, 2.45) is 0 Å². The SMILES string of the molecule is C=CCOC(=O)N[C@@H](CC)C(O)c1nc2c(C)ccc(C)c2o1. The highest BCUT2D eigenvalue weighted by molar-refractivity contribution is 5.79. The van der Waals surface area contributed by atoms with Crippen LogP contribution in [0.1, 0.15) is 36.5 Å². The van der Waals surface area contributed by atoms with Crippen molar-refractivity contribution >= 4 is 17.2 Å². The molecule has 6 nitrogen and oxygen atoms in total. The van der Waals surface area contributed by atoms with Gasteiger partial charge in [-0.05, 0) is 31.4 Å². The molecule has 0 aliphatic carbocycles. The fourth-order valence-corrected chi connectivity index (χ4v) is 2.31. The lowest BCUT2D eigenvalue weighted by atomic mass is 10.1. The van der Waals surface area contributed by atoms with E-state index in [1.165, 1.54) is 6.08 Å². The predicted octanol–water partition coefficient (Wildman–Crippen LogP) is 3.17. The average molecular weight is 318 g/mol. The smallest absolute Gasteiger partial charge is 0.407 e. The van der Waals surface area contributed by atoms with Gasteiger partial charge in [0.1, 0.15) is 12.1 Å². The minimum absolute atomic E-state index is 0.111. The monoisotopic (exact) mass is 318 g/mol. The van der Waals surface area contributed by atoms with Crippen molar-refractivity contribution in [1.82, 2.24) is 10.3 Å². The van der Waals surface area contributed by atoms with Gasteiger partial charge in [0.05, 0.1) is 6.04 Å². The number of aliphatic hydroxyl groups excluding tert-OH is 1. The van der Waals surface area contributed by atoms with Gasteiger partial charge in [0, 0.05) is 0 Å². The number of aliphatic hydroxyl groups is 1. The van der Waals surface area contributed by atoms with Gasteiger partial charge in [-0.3, -0.25) is 0 Å². The van der Waals surface area contributed by atoms with Crippen molar-refractivity contribution in [3.8, 4) is 0 Å². The number of benzene rings is 1. The number of carbonyl (C=O) groups is 1. The minimum atomic E-state index is -1.05. The zero-order chi connectivity index (χ0) is 17.0. The molecule has 2 atom stereocenters. The summed E-state index contributed by atoms with van der Waals surface area (Å²) in [6.45, 7) is 9.29. The molecule has 0 radical (unpaired) electrons. The largest absolute Gasteiger partial charge is 0.445 e. The molecule has 1 amide bonds. The molecule has 1 heterocycles. The highest BCUT2D eigenvalue weighted by Gasteiger charge is 2.27. The molecule has 124 valence electrons. The van der Waals surface area contributed by atoms with Crippen molar-refractivity contribution < 1.29 is 19.1 Å². The summed E-state index contributed by atoms with van der Waals surface area (Å²) in [4.78, 5) is 16.0. The van der Waals surface area contributed by atoms with Crippen LogP contribution >= 0.6 is 0 Å². The Balaban J connectivity index is 2.22. The number of alkyl carbamates (subject to hydrolysis) is 1. The molecule has 2 aromatic rings. The van der Waals surface area contributed by atoms with Crippen LogP contribution in [0.4, 0.5) is 4.79 Å². The molecule has 1 aromatic carbocycles. The quantitative estimate of drug-likeness (QED) is 0.799. The molecule has 0 fully saturated rings. The van der Waals surface area contributed by atoms with E-state index < -0.39 is 18.2 Å². The summed E-state index contributed by atoms with van der Waals surface area (Å²) in [7, 11) is 0. The Morgan fingerprint density at radius 1 is 1.48 bits per heavy atom. The maximum Gasteiger partial charge on any atom is 0.407 e. The van der Waals surface area contributed by atoms with E-state index >= 15 is 0 Å². The molecule has 0 spiro atoms. The first-order valence-corrected chi connectivity index (χ1v) is 7.56. The van der Waals surface area contributed by atoms with E-state index in [4.69, 9.17) is 9.15 Å². The van der Waals surface area contributed by atoms with Crippen LogP contribution < -0.4 is 5.32 Å². The number of hydrogen-bond acceptors (Lipinski definition) is 5. The Kier molecular flexibility index (Phi) is 5.39. The van der Waals surface area contributed by atoms with Gasteiger partial charge in [-0.2, -0.15) is 0 Å². The van der Waals surface area contributed by atoms with E-state index in [0.29, 0.717) is 12.0 Å². The van der Waals surface area contributed by atoms with Gasteiger partial charge >= 0.3 is 6.09 Å². The summed E-state index contributed by atoms with van der Waals surface area (Å²) in [5, 5.41) is 13.1. The van der Waals surface area contributed by atoms with Gasteiger partial charge in [0.15, 0.2) is 11.7 Å². The van der Waals surface area contributed by atoms with E-state index in [2.05, 4.69) is 16.9 Å². The second kappa shape index (κ2) is 7.28. The standard InChI is InChI=1S/C17H22N2O4/c1-5-9-22-17(21)18-12(6-2)14(20)16-19-13-10(3)7-8-11(4)15(13)23-16/h5,7-8,12,14,20H,1,6,9H2,2-4H3,(H,18,21)/t12-,14?/m0/s1. The summed E-state index contributed by atoms with van der Waals surface area (Å²) in [5.74, 6) is 0.188. The predicted molar refractivity (Wildman–Crippen MR) is 87.2 cm³/mol. The zero-order valence-corrected chi connectivity index (χ0v) is 13.6. The molecule has 1 unspecified atom stereocenters. The van der Waals surface area contributed by atoms with Gasteiger partial charge < -0.3 is 19.6 Å². The number of nitrogens with one attached hydrogen (secondary N) is 1. The number of oxazole rings is 1. The number of rotatable bonds is 6. The van der Waals surface area contributed by atoms with Crippen LogP contribution in [0.5, 0.6) is 0 Å². The Bertz CT molecular complexity index is 669. The van der Waals surface area contributed by atoms with Crippen LogP contribution in [0, 0.1) is 13.8 Å². The molecule has 23 heavy (non-hydrogen) atoms. The highest BCUT2D eigenvalue weighted by Crippen LogP contribution is 2.27. The molecular weight excluding hydrogens is 296 g/mol. The van der Waals surface area contributed by atoms with Gasteiger partial charge in [-0.1, -0.05) is 31.7 Å². The number of fused-ring (bicyclic) bond motifs is 1. The lowest BCUT2D eigenvalue weighted by Gasteiger charge is -2.20.